The van der Waals surface area contributed by atoms with Gasteiger partial charge in [-0.2, -0.15) is 0 Å². The Bertz CT molecular complexity index is 229. The van der Waals surface area contributed by atoms with Crippen molar-refractivity contribution in [1.82, 2.24) is 9.62 Å². The predicted octanol–water partition coefficient (Wildman–Crippen LogP) is 2.10. The monoisotopic (exact) mass is 280 g/mol. The Morgan fingerprint density at radius 2 is 2.24 bits per heavy atom. The molecule has 0 atom stereocenters. The van der Waals surface area contributed by atoms with E-state index in [4.69, 9.17) is 8.92 Å². The third-order valence-corrected chi connectivity index (χ3v) is 3.43. The highest BCUT2D eigenvalue weighted by molar-refractivity contribution is 7.99. The molecule has 0 spiro atoms. The van der Waals surface area contributed by atoms with Crippen LogP contribution in [0.3, 0.4) is 0 Å². The van der Waals surface area contributed by atoms with Gasteiger partial charge in [0, 0.05) is 18.2 Å². The van der Waals surface area contributed by atoms with E-state index in [9.17, 15) is 4.79 Å². The van der Waals surface area contributed by atoms with Crippen molar-refractivity contribution < 1.29 is 13.7 Å². The molecule has 0 saturated carbocycles. The fourth-order valence-electron chi connectivity index (χ4n) is 1.05. The van der Waals surface area contributed by atoms with Crippen molar-refractivity contribution in [3.05, 3.63) is 0 Å². The van der Waals surface area contributed by atoms with Gasteiger partial charge < -0.3 is 10.1 Å². The summed E-state index contributed by atoms with van der Waals surface area (Å²) >= 11 is 3.01. The van der Waals surface area contributed by atoms with Crippen LogP contribution in [0.4, 0.5) is 4.79 Å². The molecule has 2 heterocycles. The Labute approximate surface area is 111 Å². The summed E-state index contributed by atoms with van der Waals surface area (Å²) in [5.74, 6) is 2.47. The molecule has 2 fully saturated rings. The Morgan fingerprint density at radius 3 is 2.59 bits per heavy atom. The maximum Gasteiger partial charge on any atom is 0.422 e. The Balaban J connectivity index is 0.000000239. The van der Waals surface area contributed by atoms with Crippen molar-refractivity contribution in [3.63, 3.8) is 0 Å². The zero-order chi connectivity index (χ0) is 12.7. The van der Waals surface area contributed by atoms with Gasteiger partial charge >= 0.3 is 6.09 Å². The quantitative estimate of drug-likeness (QED) is 0.542. The van der Waals surface area contributed by atoms with Crippen molar-refractivity contribution >= 4 is 30.1 Å². The molecule has 1 N–H and O–H groups in total. The second kappa shape index (κ2) is 7.35. The van der Waals surface area contributed by atoms with Gasteiger partial charge in [-0.1, -0.05) is 0 Å². The van der Waals surface area contributed by atoms with Crippen LogP contribution in [-0.4, -0.2) is 47.3 Å². The van der Waals surface area contributed by atoms with Gasteiger partial charge in [0.15, 0.2) is 0 Å². The molecule has 0 radical (unpaired) electrons. The highest BCUT2D eigenvalue weighted by atomic mass is 32.2. The van der Waals surface area contributed by atoms with Crippen molar-refractivity contribution in [2.75, 3.05) is 31.3 Å². The molecule has 7 heteroatoms. The first kappa shape index (κ1) is 14.9. The van der Waals surface area contributed by atoms with E-state index in [1.54, 1.807) is 0 Å². The van der Waals surface area contributed by atoms with E-state index in [0.29, 0.717) is 13.2 Å². The van der Waals surface area contributed by atoms with Crippen LogP contribution in [0, 0.1) is 0 Å². The zero-order valence-electron chi connectivity index (χ0n) is 10.5. The van der Waals surface area contributed by atoms with Gasteiger partial charge in [-0.15, -0.1) is 11.8 Å². The van der Waals surface area contributed by atoms with Crippen LogP contribution in [0.25, 0.3) is 0 Å². The van der Waals surface area contributed by atoms with E-state index in [1.807, 2.05) is 32.5 Å². The molecule has 0 aliphatic carbocycles. The first-order valence-electron chi connectivity index (χ1n) is 5.57. The fraction of sp³-hybridized carbons (Fsp3) is 0.900. The third-order valence-electron chi connectivity index (χ3n) is 1.74. The molecule has 0 unspecified atom stereocenters. The minimum Gasteiger partial charge on any atom is -0.443 e. The second-order valence-electron chi connectivity index (χ2n) is 4.53. The summed E-state index contributed by atoms with van der Waals surface area (Å²) in [6.07, 6.45) is -0.329. The van der Waals surface area contributed by atoms with Crippen LogP contribution in [-0.2, 0) is 8.92 Å². The van der Waals surface area contributed by atoms with E-state index in [0.717, 1.165) is 12.2 Å². The minimum atomic E-state index is -0.430. The molecule has 0 bridgehead atoms. The van der Waals surface area contributed by atoms with Crippen LogP contribution in [0.1, 0.15) is 20.8 Å². The first-order valence-corrected chi connectivity index (χ1v) is 7.43. The van der Waals surface area contributed by atoms with Gasteiger partial charge in [-0.05, 0) is 20.8 Å². The number of hydrogen-bond acceptors (Lipinski definition) is 6. The number of rotatable bonds is 0. The molecular formula is C10H20N2O3S2. The van der Waals surface area contributed by atoms with E-state index < -0.39 is 5.60 Å². The van der Waals surface area contributed by atoms with Crippen LogP contribution in [0.2, 0.25) is 0 Å². The number of carbonyl (C=O) groups excluding carboxylic acids is 1. The summed E-state index contributed by atoms with van der Waals surface area (Å²) in [5.41, 5.74) is -0.430. The summed E-state index contributed by atoms with van der Waals surface area (Å²) < 4.78 is 11.5. The SMILES string of the molecule is C1CSCN1.CC(C)(C)OC(=O)N1CCOS1. The average molecular weight is 280 g/mol. The van der Waals surface area contributed by atoms with Gasteiger partial charge in [0.2, 0.25) is 0 Å². The fourth-order valence-corrected chi connectivity index (χ4v) is 2.30. The van der Waals surface area contributed by atoms with Crippen LogP contribution >= 0.6 is 24.0 Å². The predicted molar refractivity (Wildman–Crippen MR) is 71.8 cm³/mol. The van der Waals surface area contributed by atoms with E-state index in [1.165, 1.54) is 22.5 Å². The Morgan fingerprint density at radius 1 is 1.47 bits per heavy atom. The van der Waals surface area contributed by atoms with E-state index in [-0.39, 0.29) is 6.09 Å². The highest BCUT2D eigenvalue weighted by Gasteiger charge is 2.26. The lowest BCUT2D eigenvalue weighted by molar-refractivity contribution is 0.0416. The zero-order valence-corrected chi connectivity index (χ0v) is 12.2. The first-order chi connectivity index (χ1) is 7.99. The third kappa shape index (κ3) is 7.03. The molecule has 0 aromatic carbocycles. The number of carbonyl (C=O) groups is 1. The summed E-state index contributed by atoms with van der Waals surface area (Å²) in [5, 5.41) is 3.19. The molecule has 17 heavy (non-hydrogen) atoms. The van der Waals surface area contributed by atoms with Crippen molar-refractivity contribution in [2.45, 2.75) is 26.4 Å². The minimum absolute atomic E-state index is 0.329. The highest BCUT2D eigenvalue weighted by Crippen LogP contribution is 2.21. The lowest BCUT2D eigenvalue weighted by atomic mass is 10.2. The number of ether oxygens (including phenoxy) is 1. The summed E-state index contributed by atoms with van der Waals surface area (Å²) in [7, 11) is 0. The molecule has 2 saturated heterocycles. The van der Waals surface area contributed by atoms with Gasteiger partial charge in [0.25, 0.3) is 0 Å². The molecule has 1 amide bonds. The molecule has 2 aliphatic heterocycles. The maximum absolute atomic E-state index is 11.3. The van der Waals surface area contributed by atoms with Crippen LogP contribution in [0.5, 0.6) is 0 Å². The Kier molecular flexibility index (Phi) is 6.47. The standard InChI is InChI=1S/C7H13NO3S.C3H7NS/c1-7(2,3)11-6(9)8-4-5-10-12-8;1-2-5-3-4-1/h4-5H2,1-3H3;4H,1-3H2. The molecule has 2 aliphatic rings. The van der Waals surface area contributed by atoms with Crippen molar-refractivity contribution in [1.29, 1.82) is 0 Å². The number of nitrogens with zero attached hydrogens (tertiary/aromatic N) is 1. The van der Waals surface area contributed by atoms with Crippen molar-refractivity contribution in [3.8, 4) is 0 Å². The summed E-state index contributed by atoms with van der Waals surface area (Å²) in [6, 6.07) is 0. The average Bonchev–Trinajstić information content (AvgIpc) is 2.93. The molecular weight excluding hydrogens is 260 g/mol. The van der Waals surface area contributed by atoms with Gasteiger partial charge in [-0.3, -0.25) is 4.18 Å². The van der Waals surface area contributed by atoms with Crippen molar-refractivity contribution in [2.24, 2.45) is 0 Å². The molecule has 5 nitrogen and oxygen atoms in total. The lowest BCUT2D eigenvalue weighted by Gasteiger charge is -2.22. The number of nitrogens with one attached hydrogen (secondary N) is 1. The topological polar surface area (TPSA) is 50.8 Å². The molecule has 0 aromatic heterocycles. The van der Waals surface area contributed by atoms with E-state index in [2.05, 4.69) is 5.32 Å². The maximum atomic E-state index is 11.3. The molecule has 100 valence electrons. The van der Waals surface area contributed by atoms with Gasteiger partial charge in [-0.25, -0.2) is 9.10 Å². The normalized spacial score (nSPS) is 19.8. The summed E-state index contributed by atoms with van der Waals surface area (Å²) in [6.45, 7) is 7.90. The Hall–Kier alpha value is -0.110. The molecule has 2 rings (SSSR count). The van der Waals surface area contributed by atoms with E-state index >= 15 is 0 Å². The lowest BCUT2D eigenvalue weighted by Crippen LogP contribution is -2.31. The number of thioether (sulfide) groups is 1. The van der Waals surface area contributed by atoms with Crippen LogP contribution < -0.4 is 5.32 Å². The second-order valence-corrected chi connectivity index (χ2v) is 6.46. The largest absolute Gasteiger partial charge is 0.443 e. The molecule has 0 aromatic rings. The van der Waals surface area contributed by atoms with Crippen LogP contribution in [0.15, 0.2) is 0 Å². The smallest absolute Gasteiger partial charge is 0.422 e. The summed E-state index contributed by atoms with van der Waals surface area (Å²) in [4.78, 5) is 11.3. The number of hydrogen-bond donors (Lipinski definition) is 1. The van der Waals surface area contributed by atoms with Gasteiger partial charge in [0.05, 0.1) is 13.2 Å². The van der Waals surface area contributed by atoms with Gasteiger partial charge in [0.1, 0.15) is 17.8 Å². The number of amides is 1.